The van der Waals surface area contributed by atoms with Crippen molar-refractivity contribution >= 4 is 37.6 Å². The van der Waals surface area contributed by atoms with Crippen LogP contribution in [-0.4, -0.2) is 72.6 Å². The summed E-state index contributed by atoms with van der Waals surface area (Å²) < 4.78 is 24.3. The molecule has 8 nitrogen and oxygen atoms in total. The fraction of sp³-hybridized carbons (Fsp3) is 0.767. The molecule has 1 aliphatic heterocycles. The van der Waals surface area contributed by atoms with Crippen molar-refractivity contribution in [3.8, 4) is 0 Å². The van der Waals surface area contributed by atoms with Crippen LogP contribution in [0.25, 0.3) is 0 Å². The van der Waals surface area contributed by atoms with Gasteiger partial charge in [0.05, 0.1) is 17.1 Å². The van der Waals surface area contributed by atoms with E-state index in [1.807, 2.05) is 13.0 Å². The highest BCUT2D eigenvalue weighted by molar-refractivity contribution is 6.74. The third kappa shape index (κ3) is 5.04. The maximum absolute atomic E-state index is 14.3. The molecule has 0 unspecified atom stereocenters. The van der Waals surface area contributed by atoms with Gasteiger partial charge in [-0.2, -0.15) is 0 Å². The van der Waals surface area contributed by atoms with Crippen LogP contribution in [0.3, 0.4) is 0 Å². The molecule has 40 heavy (non-hydrogen) atoms. The van der Waals surface area contributed by atoms with E-state index in [1.165, 1.54) is 6.08 Å². The Labute approximate surface area is 244 Å². The Morgan fingerprint density at radius 3 is 2.33 bits per heavy atom. The summed E-state index contributed by atoms with van der Waals surface area (Å²) in [6, 6.07) is 0. The molecular weight excluding hydrogens is 552 g/mol. The molecule has 0 bridgehead atoms. The van der Waals surface area contributed by atoms with Crippen LogP contribution < -0.4 is 0 Å². The molecule has 2 aliphatic carbocycles. The molecule has 1 N–H and O–H groups in total. The summed E-state index contributed by atoms with van der Waals surface area (Å²) in [5.74, 6) is -2.45. The molecule has 1 heterocycles. The Kier molecular flexibility index (Phi) is 8.52. The monoisotopic (exact) mass is 598 g/mol. The molecule has 10 heteroatoms. The van der Waals surface area contributed by atoms with Gasteiger partial charge in [0.1, 0.15) is 11.5 Å². The molecule has 0 aromatic heterocycles. The fourth-order valence-electron chi connectivity index (χ4n) is 6.64. The van der Waals surface area contributed by atoms with Crippen molar-refractivity contribution in [2.45, 2.75) is 122 Å². The number of fused-ring (bicyclic) bond motifs is 3. The van der Waals surface area contributed by atoms with Crippen molar-refractivity contribution < 1.29 is 38.1 Å². The average molecular weight is 599 g/mol. The van der Waals surface area contributed by atoms with Crippen molar-refractivity contribution in [3.05, 3.63) is 24.3 Å². The molecule has 0 aromatic carbocycles. The standard InChI is InChI=1S/C30H47ClO8Si/c1-12-27(7)16-20(32)30(35)28(8)19(26(5,6)14-13-21(28)38-40(10,11)25(2,3)4)15-22(29(30,9)39-27)37-24(34)18-36-23(33)17-31/h12,15,21-22,35H,1,13-14,16-18H2,2-11H3/t21-,22-,27-,28+,29+,30-/m0/s1. The van der Waals surface area contributed by atoms with Crippen LogP contribution in [0.2, 0.25) is 18.1 Å². The summed E-state index contributed by atoms with van der Waals surface area (Å²) >= 11 is 5.49. The van der Waals surface area contributed by atoms with Crippen LogP contribution in [0.5, 0.6) is 0 Å². The lowest BCUT2D eigenvalue weighted by atomic mass is 9.44. The normalized spacial score (nSPS) is 37.5. The lowest BCUT2D eigenvalue weighted by Crippen LogP contribution is -2.81. The Balaban J connectivity index is 2.25. The molecule has 2 fully saturated rings. The number of aliphatic hydroxyl groups is 1. The number of hydrogen-bond acceptors (Lipinski definition) is 8. The summed E-state index contributed by atoms with van der Waals surface area (Å²) in [7, 11) is -2.35. The second kappa shape index (κ2) is 10.3. The minimum absolute atomic E-state index is 0.103. The maximum atomic E-state index is 14.3. The largest absolute Gasteiger partial charge is 0.453 e. The highest BCUT2D eigenvalue weighted by atomic mass is 35.5. The molecule has 3 rings (SSSR count). The van der Waals surface area contributed by atoms with Crippen LogP contribution in [0.1, 0.15) is 74.7 Å². The molecule has 0 spiro atoms. The van der Waals surface area contributed by atoms with Crippen molar-refractivity contribution in [3.63, 3.8) is 0 Å². The predicted molar refractivity (Wildman–Crippen MR) is 155 cm³/mol. The number of rotatable bonds is 7. The topological polar surface area (TPSA) is 108 Å². The summed E-state index contributed by atoms with van der Waals surface area (Å²) in [4.78, 5) is 38.8. The van der Waals surface area contributed by atoms with Gasteiger partial charge in [0.2, 0.25) is 0 Å². The van der Waals surface area contributed by atoms with Gasteiger partial charge in [-0.1, -0.05) is 53.2 Å². The van der Waals surface area contributed by atoms with Crippen molar-refractivity contribution in [2.75, 3.05) is 12.5 Å². The molecule has 0 aromatic rings. The first-order valence-corrected chi connectivity index (χ1v) is 17.4. The number of carbonyl (C=O) groups is 3. The van der Waals surface area contributed by atoms with E-state index in [9.17, 15) is 19.5 Å². The second-order valence-electron chi connectivity index (χ2n) is 14.3. The third-order valence-corrected chi connectivity index (χ3v) is 14.8. The predicted octanol–water partition coefficient (Wildman–Crippen LogP) is 5.26. The number of hydrogen-bond donors (Lipinski definition) is 1. The Morgan fingerprint density at radius 2 is 1.80 bits per heavy atom. The number of halogens is 1. The molecular formula is C30H47ClO8Si. The van der Waals surface area contributed by atoms with Gasteiger partial charge in [-0.3, -0.25) is 9.59 Å². The van der Waals surface area contributed by atoms with Crippen LogP contribution >= 0.6 is 11.6 Å². The molecule has 1 saturated heterocycles. The molecule has 0 radical (unpaired) electrons. The zero-order valence-corrected chi connectivity index (χ0v) is 27.5. The minimum Gasteiger partial charge on any atom is -0.453 e. The first-order valence-electron chi connectivity index (χ1n) is 14.0. The van der Waals surface area contributed by atoms with Crippen LogP contribution in [0.15, 0.2) is 24.3 Å². The lowest BCUT2D eigenvalue weighted by Gasteiger charge is -2.68. The van der Waals surface area contributed by atoms with E-state index < -0.39 is 78.4 Å². The first-order chi connectivity index (χ1) is 18.0. The highest BCUT2D eigenvalue weighted by Crippen LogP contribution is 2.66. The van der Waals surface area contributed by atoms with E-state index in [0.29, 0.717) is 6.42 Å². The zero-order chi connectivity index (χ0) is 30.7. The van der Waals surface area contributed by atoms with Gasteiger partial charge < -0.3 is 23.7 Å². The minimum atomic E-state index is -2.35. The average Bonchev–Trinajstić information content (AvgIpc) is 2.83. The fourth-order valence-corrected chi connectivity index (χ4v) is 8.13. The van der Waals surface area contributed by atoms with Crippen molar-refractivity contribution in [1.82, 2.24) is 0 Å². The van der Waals surface area contributed by atoms with E-state index in [2.05, 4.69) is 54.3 Å². The van der Waals surface area contributed by atoms with Gasteiger partial charge in [0, 0.05) is 6.42 Å². The maximum Gasteiger partial charge on any atom is 0.344 e. The van der Waals surface area contributed by atoms with Gasteiger partial charge in [-0.15, -0.1) is 18.2 Å². The van der Waals surface area contributed by atoms with Crippen LogP contribution in [0.4, 0.5) is 0 Å². The molecule has 0 amide bonds. The van der Waals surface area contributed by atoms with E-state index in [-0.39, 0.29) is 11.5 Å². The van der Waals surface area contributed by atoms with Crippen LogP contribution in [0, 0.1) is 10.8 Å². The van der Waals surface area contributed by atoms with E-state index in [4.69, 9.17) is 30.2 Å². The Morgan fingerprint density at radius 1 is 1.20 bits per heavy atom. The SMILES string of the molecule is C=C[C@@]1(C)CC(=O)[C@@]2(O)[C@](C)(O1)[C@@H](OC(=O)COC(=O)CCl)C=C1C(C)(C)CC[C@H](O[Si](C)(C)C(C)(C)C)[C@@]12C. The number of alkyl halides is 1. The van der Waals surface area contributed by atoms with E-state index >= 15 is 0 Å². The van der Waals surface area contributed by atoms with Gasteiger partial charge in [0.25, 0.3) is 0 Å². The van der Waals surface area contributed by atoms with E-state index in [1.54, 1.807) is 13.8 Å². The summed E-state index contributed by atoms with van der Waals surface area (Å²) in [5.41, 5.74) is -5.80. The molecule has 3 aliphatic rings. The first kappa shape index (κ1) is 33.0. The Bertz CT molecular complexity index is 1110. The second-order valence-corrected chi connectivity index (χ2v) is 19.3. The molecule has 6 atom stereocenters. The third-order valence-electron chi connectivity index (χ3n) is 10.0. The number of carbonyl (C=O) groups excluding carboxylic acids is 3. The number of ketones is 1. The zero-order valence-electron chi connectivity index (χ0n) is 25.7. The van der Waals surface area contributed by atoms with Gasteiger partial charge in [-0.05, 0) is 56.3 Å². The quantitative estimate of drug-likeness (QED) is 0.183. The summed E-state index contributed by atoms with van der Waals surface area (Å²) in [6.45, 7) is 23.3. The number of ether oxygens (including phenoxy) is 3. The number of Topliss-reactive ketones (excluding diaryl/α,β-unsaturated/α-hetero) is 1. The van der Waals surface area contributed by atoms with Gasteiger partial charge >= 0.3 is 11.9 Å². The van der Waals surface area contributed by atoms with Crippen molar-refractivity contribution in [1.29, 1.82) is 0 Å². The van der Waals surface area contributed by atoms with Gasteiger partial charge in [-0.25, -0.2) is 4.79 Å². The van der Waals surface area contributed by atoms with Crippen molar-refractivity contribution in [2.24, 2.45) is 10.8 Å². The Hall–Kier alpha value is -1.52. The lowest BCUT2D eigenvalue weighted by molar-refractivity contribution is -0.304. The highest BCUT2D eigenvalue weighted by Gasteiger charge is 2.77. The summed E-state index contributed by atoms with van der Waals surface area (Å²) in [6.07, 6.45) is 2.97. The van der Waals surface area contributed by atoms with Crippen LogP contribution in [-0.2, 0) is 33.0 Å². The molecule has 226 valence electrons. The summed E-state index contributed by atoms with van der Waals surface area (Å²) in [5, 5.41) is 12.8. The van der Waals surface area contributed by atoms with E-state index in [0.717, 1.165) is 12.0 Å². The smallest absolute Gasteiger partial charge is 0.344 e. The molecule has 1 saturated carbocycles. The number of esters is 2. The van der Waals surface area contributed by atoms with Gasteiger partial charge in [0.15, 0.2) is 32.4 Å².